The molecule has 30 nitrogen and oxygen atoms in total. The van der Waals surface area contributed by atoms with Crippen LogP contribution in [-0.4, -0.2) is 201 Å². The van der Waals surface area contributed by atoms with Gasteiger partial charge in [0.1, 0.15) is 11.9 Å². The van der Waals surface area contributed by atoms with Gasteiger partial charge in [-0.1, -0.05) is 214 Å². The molecular formula is C82H111B2Cl2F3N5O25P5S2. The van der Waals surface area contributed by atoms with Crippen molar-refractivity contribution in [2.24, 2.45) is 11.8 Å². The van der Waals surface area contributed by atoms with Crippen molar-refractivity contribution in [3.63, 3.8) is 0 Å². The molecule has 0 aliphatic carbocycles. The fourth-order valence-electron chi connectivity index (χ4n) is 11.6. The first-order valence-corrected chi connectivity index (χ1v) is 52.5. The van der Waals surface area contributed by atoms with Crippen molar-refractivity contribution < 1.29 is 127 Å². The summed E-state index contributed by atoms with van der Waals surface area (Å²) in [7, 11) is -21.7. The number of ether oxygens (including phenoxy) is 4. The third-order valence-electron chi connectivity index (χ3n) is 18.0. The van der Waals surface area contributed by atoms with Crippen LogP contribution in [0.15, 0.2) is 235 Å². The van der Waals surface area contributed by atoms with Gasteiger partial charge in [0.25, 0.3) is 0 Å². The molecule has 0 spiro atoms. The number of nitrogens with one attached hydrogen (secondary N) is 3. The van der Waals surface area contributed by atoms with Crippen molar-refractivity contribution in [3.8, 4) is 5.75 Å². The van der Waals surface area contributed by atoms with Crippen LogP contribution in [0.3, 0.4) is 0 Å². The van der Waals surface area contributed by atoms with Crippen LogP contribution in [0, 0.1) is 22.5 Å². The Morgan fingerprint density at radius 1 is 0.667 bits per heavy atom. The SMILES string of the molecule is C=CCP(=O)(OCc1ccccc1)OCc1ccccc1.COc1ccc(S(=O)(=O)N(CC(C)C)C[C@@H](O)[C@H](CC2=CCN(CCP(C)(C)=O)CC2)NC(=O)O[C@H]2CO[C@H]3OCC[C@H]32)cc1.ClCCl.N=BOP(O)OB=N.O=P(CCO)(OCc1ccccc1)OCc1ccccc1.O=P(CCOS(=O)(=O)C(F)(F)F)(OCc1ccccc1)OCc1ccccc1. The number of carbonyl (C=O) groups is 1. The Morgan fingerprint density at radius 3 is 1.45 bits per heavy atom. The minimum absolute atomic E-state index is 0.00727. The normalized spacial score (nSPS) is 16.0. The molecular weight excluding hydrogens is 1820 g/mol. The van der Waals surface area contributed by atoms with Crippen molar-refractivity contribution in [1.29, 1.82) is 10.6 Å². The second-order valence-electron chi connectivity index (χ2n) is 28.6. The van der Waals surface area contributed by atoms with Crippen LogP contribution in [-0.2, 0) is 132 Å². The van der Waals surface area contributed by atoms with Crippen LogP contribution in [0.1, 0.15) is 66.5 Å². The average molecular weight is 1940 g/mol. The standard InChI is InChI=1S/C31H50N3O9PS.C17H18F3O6PS.C17H19O3P.C16H19O4P.CH2Cl2.B2H3N2O3P/c1-22(2)19-34(45(38,39)25-8-6-24(40-3)7-9-25)20-28(35)27(18-23-10-13-33(14-11-23)15-17-44(4,5)37)32-31(36)43-29-21-42-30-26(29)12-16-41-30;18-17(19,20)28(22,23)26-11-12-27(21,24-13-15-7-3-1-4-8-15)25-14-16-9-5-2-6-10-16;1-2-13-21(18,19-14-16-9-5-3-6-10-16)20-15-17-11-7-4-8-12-17;17-11-12-21(18,19-13-15-7-3-1-4-8-15)20-14-16-9-5-2-6-10-16;2-1-3;3-1-6-8(5)7-2-4/h6-10,22,26-30,35H,11-21H2,1-5H3,(H,32,36);1-10H,11-14H2;2-12H,1,13-15H2;1-10,17H,11-14H2;1H2;3-5H/t26-,27-,28+,29-,30+;;;;;/m0...../s1. The van der Waals surface area contributed by atoms with Gasteiger partial charge < -0.3 is 66.2 Å². The number of aliphatic hydroxyl groups excluding tert-OH is 2. The maximum atomic E-state index is 13.7. The zero-order chi connectivity index (χ0) is 92.5. The number of nitrogens with zero attached hydrogens (tertiary/aromatic N) is 2. The number of sulfonamides is 1. The van der Waals surface area contributed by atoms with Gasteiger partial charge in [0.2, 0.25) is 10.0 Å². The molecule has 1 amide bonds. The Hall–Kier alpha value is -6.52. The number of alkyl carbamates (subject to hydrolysis) is 1. The Kier molecular flexibility index (Phi) is 50.9. The Balaban J connectivity index is 0.000000300. The van der Waals surface area contributed by atoms with Gasteiger partial charge in [-0.15, -0.1) is 29.8 Å². The Bertz CT molecular complexity index is 4620. The number of rotatable bonds is 45. The third kappa shape index (κ3) is 43.5. The number of benzene rings is 7. The molecule has 0 saturated carbocycles. The van der Waals surface area contributed by atoms with E-state index in [1.165, 1.54) is 23.5 Å². The van der Waals surface area contributed by atoms with Gasteiger partial charge in [0.15, 0.2) is 6.29 Å². The van der Waals surface area contributed by atoms with Gasteiger partial charge in [-0.2, -0.15) is 25.9 Å². The minimum Gasteiger partial charge on any atom is -0.396 e. The maximum Gasteiger partial charge on any atom is 0.523 e. The summed E-state index contributed by atoms with van der Waals surface area (Å²) in [5, 5.41) is 36.2. The Morgan fingerprint density at radius 2 is 1.09 bits per heavy atom. The van der Waals surface area contributed by atoms with Crippen molar-refractivity contribution in [2.75, 3.05) is 110 Å². The van der Waals surface area contributed by atoms with Crippen molar-refractivity contribution in [1.82, 2.24) is 14.5 Å². The van der Waals surface area contributed by atoms with Crippen LogP contribution >= 0.6 is 61.7 Å². The van der Waals surface area contributed by atoms with Crippen molar-refractivity contribution in [2.45, 2.75) is 108 Å². The number of hydrogen-bond donors (Lipinski definition) is 6. The summed E-state index contributed by atoms with van der Waals surface area (Å²) in [5.74, 6) is 0.482. The van der Waals surface area contributed by atoms with Gasteiger partial charge in [-0.05, 0) is 96.2 Å². The zero-order valence-electron chi connectivity index (χ0n) is 70.5. The summed E-state index contributed by atoms with van der Waals surface area (Å²) in [5.41, 5.74) is 0.568. The molecule has 0 bridgehead atoms. The minimum atomic E-state index is -5.79. The van der Waals surface area contributed by atoms with E-state index in [-0.39, 0.29) is 107 Å². The van der Waals surface area contributed by atoms with E-state index >= 15 is 0 Å². The fraction of sp³-hybridized carbons (Fsp3) is 0.427. The molecule has 5 atom stereocenters. The molecule has 3 aliphatic heterocycles. The predicted molar refractivity (Wildman–Crippen MR) is 480 cm³/mol. The smallest absolute Gasteiger partial charge is 0.396 e. The van der Waals surface area contributed by atoms with Crippen LogP contribution in [0.5, 0.6) is 5.75 Å². The number of halogens is 5. The second-order valence-corrected chi connectivity index (χ2v) is 43.9. The molecule has 7 aromatic rings. The number of carbonyl (C=O) groups excluding carboxylic acids is 1. The average Bonchev–Trinajstić information content (AvgIpc) is 1.24. The molecule has 2 fully saturated rings. The number of aliphatic hydroxyl groups is 2. The van der Waals surface area contributed by atoms with E-state index in [1.54, 1.807) is 92.2 Å². The molecule has 7 aromatic carbocycles. The van der Waals surface area contributed by atoms with Gasteiger partial charge in [0, 0.05) is 38.9 Å². The van der Waals surface area contributed by atoms with Gasteiger partial charge in [-0.3, -0.25) is 22.8 Å². The summed E-state index contributed by atoms with van der Waals surface area (Å²) in [6.07, 6.45) is 2.86. The topological polar surface area (TPSA) is 401 Å². The van der Waals surface area contributed by atoms with E-state index in [0.29, 0.717) is 57.2 Å². The van der Waals surface area contributed by atoms with E-state index in [0.717, 1.165) is 53.8 Å². The van der Waals surface area contributed by atoms with Gasteiger partial charge >= 0.3 is 92.1 Å². The number of methoxy groups -OCH3 is 1. The number of fused-ring (bicyclic) bond motifs is 1. The van der Waals surface area contributed by atoms with E-state index in [1.807, 2.05) is 135 Å². The van der Waals surface area contributed by atoms with Gasteiger partial charge in [0.05, 0.1) is 127 Å². The summed E-state index contributed by atoms with van der Waals surface area (Å²) in [6.45, 7) is 13.4. The molecule has 0 unspecified atom stereocenters. The second kappa shape index (κ2) is 58.3. The summed E-state index contributed by atoms with van der Waals surface area (Å²) < 4.78 is 205. The zero-order valence-corrected chi connectivity index (χ0v) is 78.2. The first kappa shape index (κ1) is 110. The van der Waals surface area contributed by atoms with Crippen LogP contribution in [0.25, 0.3) is 0 Å². The van der Waals surface area contributed by atoms with E-state index in [9.17, 15) is 58.2 Å². The van der Waals surface area contributed by atoms with E-state index in [4.69, 9.17) is 89.9 Å². The molecule has 2 saturated heterocycles. The third-order valence-corrected chi connectivity index (χ3v) is 28.1. The monoisotopic (exact) mass is 1930 g/mol. The first-order valence-electron chi connectivity index (χ1n) is 39.5. The largest absolute Gasteiger partial charge is 0.523 e. The molecule has 6 N–H and O–H groups in total. The summed E-state index contributed by atoms with van der Waals surface area (Å²) >= 11 is 9.53. The molecule has 0 radical (unpaired) electrons. The van der Waals surface area contributed by atoms with E-state index < -0.39 is 101 Å². The predicted octanol–water partition coefficient (Wildman–Crippen LogP) is 17.5. The first-order chi connectivity index (χ1) is 60.0. The molecule has 126 heavy (non-hydrogen) atoms. The van der Waals surface area contributed by atoms with Gasteiger partial charge in [-0.25, -0.2) is 13.2 Å². The number of amides is 1. The van der Waals surface area contributed by atoms with E-state index in [2.05, 4.69) is 35.9 Å². The maximum absolute atomic E-state index is 13.7. The molecule has 692 valence electrons. The fourth-order valence-corrected chi connectivity index (χ4v) is 18.6. The van der Waals surface area contributed by atoms with Crippen molar-refractivity contribution >= 4 is 103 Å². The molecule has 3 heterocycles. The van der Waals surface area contributed by atoms with Crippen LogP contribution in [0.4, 0.5) is 18.0 Å². The van der Waals surface area contributed by atoms with Crippen molar-refractivity contribution in [3.05, 3.63) is 264 Å². The molecule has 10 rings (SSSR count). The number of alkyl halides is 5. The number of allylic oxidation sites excluding steroid dienone is 1. The molecule has 44 heteroatoms. The summed E-state index contributed by atoms with van der Waals surface area (Å²) in [6, 6.07) is 60.8. The Labute approximate surface area is 749 Å². The molecule has 3 aliphatic rings. The van der Waals surface area contributed by atoms with Crippen LogP contribution < -0.4 is 10.1 Å². The molecule has 0 aromatic heterocycles. The summed E-state index contributed by atoms with van der Waals surface area (Å²) in [4.78, 5) is 23.9. The number of hydrogen-bond acceptors (Lipinski definition) is 28. The quantitative estimate of drug-likeness (QED) is 0.00515. The van der Waals surface area contributed by atoms with Crippen LogP contribution in [0.2, 0.25) is 0 Å².